The molecule has 0 bridgehead atoms. The quantitative estimate of drug-likeness (QED) is 0.880. The van der Waals surface area contributed by atoms with Crippen LogP contribution in [0.25, 0.3) is 0 Å². The van der Waals surface area contributed by atoms with Crippen LogP contribution in [-0.2, 0) is 4.79 Å². The van der Waals surface area contributed by atoms with Crippen LogP contribution in [0.15, 0.2) is 24.3 Å². The van der Waals surface area contributed by atoms with E-state index < -0.39 is 0 Å². The summed E-state index contributed by atoms with van der Waals surface area (Å²) < 4.78 is 5.58. The van der Waals surface area contributed by atoms with Crippen LogP contribution >= 0.6 is 0 Å². The first-order valence-electron chi connectivity index (χ1n) is 6.80. The maximum Gasteiger partial charge on any atom is 0.226 e. The molecular weight excluding hydrogens is 242 g/mol. The molecule has 1 atom stereocenters. The second kappa shape index (κ2) is 6.57. The number of rotatable bonds is 5. The van der Waals surface area contributed by atoms with Gasteiger partial charge < -0.3 is 14.7 Å². The molecule has 1 N–H and O–H groups in total. The first-order chi connectivity index (χ1) is 9.20. The molecule has 0 aromatic heterocycles. The SMILES string of the molecule is Cc1cccc(OCCC(=O)N2CCCC2CO)c1. The minimum Gasteiger partial charge on any atom is -0.493 e. The molecule has 4 nitrogen and oxygen atoms in total. The number of nitrogens with zero attached hydrogens (tertiary/aromatic N) is 1. The number of carbonyl (C=O) groups excluding carboxylic acids is 1. The summed E-state index contributed by atoms with van der Waals surface area (Å²) in [5.41, 5.74) is 1.14. The Bertz CT molecular complexity index is 433. The predicted octanol–water partition coefficient (Wildman–Crippen LogP) is 1.75. The topological polar surface area (TPSA) is 49.8 Å². The van der Waals surface area contributed by atoms with E-state index in [0.717, 1.165) is 30.7 Å². The monoisotopic (exact) mass is 263 g/mol. The lowest BCUT2D eigenvalue weighted by molar-refractivity contribution is -0.133. The molecule has 19 heavy (non-hydrogen) atoms. The van der Waals surface area contributed by atoms with Crippen molar-refractivity contribution in [2.45, 2.75) is 32.2 Å². The van der Waals surface area contributed by atoms with Crippen molar-refractivity contribution < 1.29 is 14.6 Å². The lowest BCUT2D eigenvalue weighted by Gasteiger charge is -2.23. The highest BCUT2D eigenvalue weighted by Gasteiger charge is 2.27. The van der Waals surface area contributed by atoms with Crippen LogP contribution < -0.4 is 4.74 Å². The number of hydrogen-bond acceptors (Lipinski definition) is 3. The minimum atomic E-state index is 0.00599. The molecule has 1 fully saturated rings. The molecular formula is C15H21NO3. The summed E-state index contributed by atoms with van der Waals surface area (Å²) in [5.74, 6) is 0.872. The van der Waals surface area contributed by atoms with Gasteiger partial charge in [0.05, 0.1) is 25.7 Å². The van der Waals surface area contributed by atoms with Crippen LogP contribution in [0.2, 0.25) is 0 Å². The van der Waals surface area contributed by atoms with Crippen LogP contribution in [0.1, 0.15) is 24.8 Å². The van der Waals surface area contributed by atoms with Crippen LogP contribution in [0.5, 0.6) is 5.75 Å². The van der Waals surface area contributed by atoms with Gasteiger partial charge >= 0.3 is 0 Å². The summed E-state index contributed by atoms with van der Waals surface area (Å²) in [7, 11) is 0. The largest absolute Gasteiger partial charge is 0.493 e. The Labute approximate surface area is 114 Å². The van der Waals surface area contributed by atoms with Crippen molar-refractivity contribution in [3.05, 3.63) is 29.8 Å². The van der Waals surface area contributed by atoms with Crippen LogP contribution in [0, 0.1) is 6.92 Å². The van der Waals surface area contributed by atoms with Crippen LogP contribution in [0.4, 0.5) is 0 Å². The van der Waals surface area contributed by atoms with Gasteiger partial charge in [-0.15, -0.1) is 0 Å². The summed E-state index contributed by atoms with van der Waals surface area (Å²) in [6, 6.07) is 7.80. The molecule has 0 saturated carbocycles. The maximum absolute atomic E-state index is 12.0. The van der Waals surface area contributed by atoms with Crippen molar-refractivity contribution in [2.75, 3.05) is 19.8 Å². The molecule has 1 aromatic carbocycles. The fraction of sp³-hybridized carbons (Fsp3) is 0.533. The highest BCUT2D eigenvalue weighted by atomic mass is 16.5. The van der Waals surface area contributed by atoms with Gasteiger partial charge in [-0.05, 0) is 37.5 Å². The van der Waals surface area contributed by atoms with Gasteiger partial charge in [0.1, 0.15) is 5.75 Å². The molecule has 1 amide bonds. The zero-order valence-corrected chi connectivity index (χ0v) is 11.3. The molecule has 1 saturated heterocycles. The van der Waals surface area contributed by atoms with Crippen LogP contribution in [-0.4, -0.2) is 41.7 Å². The average molecular weight is 263 g/mol. The lowest BCUT2D eigenvalue weighted by Crippen LogP contribution is -2.38. The number of hydrogen-bond donors (Lipinski definition) is 1. The van der Waals surface area contributed by atoms with Crippen molar-refractivity contribution >= 4 is 5.91 Å². The number of amides is 1. The smallest absolute Gasteiger partial charge is 0.226 e. The van der Waals surface area contributed by atoms with Crippen molar-refractivity contribution in [3.8, 4) is 5.75 Å². The highest BCUT2D eigenvalue weighted by molar-refractivity contribution is 5.77. The third-order valence-corrected chi connectivity index (χ3v) is 3.48. The van der Waals surface area contributed by atoms with Gasteiger partial charge in [0.2, 0.25) is 5.91 Å². The number of likely N-dealkylation sites (tertiary alicyclic amines) is 1. The molecule has 1 aliphatic rings. The second-order valence-electron chi connectivity index (χ2n) is 4.98. The number of aliphatic hydroxyl groups is 1. The van der Waals surface area contributed by atoms with Gasteiger partial charge in [-0.2, -0.15) is 0 Å². The number of carbonyl (C=O) groups is 1. The van der Waals surface area contributed by atoms with Gasteiger partial charge in [-0.3, -0.25) is 4.79 Å². The average Bonchev–Trinajstić information content (AvgIpc) is 2.87. The van der Waals surface area contributed by atoms with Crippen molar-refractivity contribution in [3.63, 3.8) is 0 Å². The van der Waals surface area contributed by atoms with Crippen LogP contribution in [0.3, 0.4) is 0 Å². The molecule has 0 radical (unpaired) electrons. The maximum atomic E-state index is 12.0. The Balaban J connectivity index is 1.78. The van der Waals surface area contributed by atoms with Gasteiger partial charge in [0, 0.05) is 6.54 Å². The van der Waals surface area contributed by atoms with E-state index in [1.54, 1.807) is 4.90 Å². The Hall–Kier alpha value is -1.55. The lowest BCUT2D eigenvalue weighted by atomic mass is 10.2. The van der Waals surface area contributed by atoms with Gasteiger partial charge in [0.15, 0.2) is 0 Å². The molecule has 0 aliphatic carbocycles. The summed E-state index contributed by atoms with van der Waals surface area (Å²) in [5, 5.41) is 9.19. The summed E-state index contributed by atoms with van der Waals surface area (Å²) in [6.45, 7) is 3.21. The van der Waals surface area contributed by atoms with E-state index in [-0.39, 0.29) is 18.6 Å². The fourth-order valence-corrected chi connectivity index (χ4v) is 2.46. The molecule has 4 heteroatoms. The van der Waals surface area contributed by atoms with E-state index >= 15 is 0 Å². The predicted molar refractivity (Wildman–Crippen MR) is 73.1 cm³/mol. The molecule has 1 heterocycles. The molecule has 104 valence electrons. The van der Waals surface area contributed by atoms with Crippen molar-refractivity contribution in [2.24, 2.45) is 0 Å². The number of benzene rings is 1. The van der Waals surface area contributed by atoms with E-state index in [0.29, 0.717) is 13.0 Å². The molecule has 1 aromatic rings. The zero-order chi connectivity index (χ0) is 13.7. The molecule has 1 aliphatic heterocycles. The Morgan fingerprint density at radius 1 is 1.53 bits per heavy atom. The highest BCUT2D eigenvalue weighted by Crippen LogP contribution is 2.18. The number of ether oxygens (including phenoxy) is 1. The number of aliphatic hydroxyl groups excluding tert-OH is 1. The molecule has 1 unspecified atom stereocenters. The fourth-order valence-electron chi connectivity index (χ4n) is 2.46. The minimum absolute atomic E-state index is 0.00599. The first kappa shape index (κ1) is 13.9. The summed E-state index contributed by atoms with van der Waals surface area (Å²) in [4.78, 5) is 13.8. The third-order valence-electron chi connectivity index (χ3n) is 3.48. The van der Waals surface area contributed by atoms with Gasteiger partial charge in [-0.25, -0.2) is 0 Å². The van der Waals surface area contributed by atoms with E-state index in [1.165, 1.54) is 0 Å². The summed E-state index contributed by atoms with van der Waals surface area (Å²) >= 11 is 0. The van der Waals surface area contributed by atoms with E-state index in [2.05, 4.69) is 0 Å². The normalized spacial score (nSPS) is 18.6. The first-order valence-corrected chi connectivity index (χ1v) is 6.80. The standard InChI is InChI=1S/C15H21NO3/c1-12-4-2-6-14(10-12)19-9-7-15(18)16-8-3-5-13(16)11-17/h2,4,6,10,13,17H,3,5,7-9,11H2,1H3. The Morgan fingerprint density at radius 3 is 3.11 bits per heavy atom. The Morgan fingerprint density at radius 2 is 2.37 bits per heavy atom. The van der Waals surface area contributed by atoms with Crippen molar-refractivity contribution in [1.82, 2.24) is 4.90 Å². The van der Waals surface area contributed by atoms with Crippen molar-refractivity contribution in [1.29, 1.82) is 0 Å². The second-order valence-corrected chi connectivity index (χ2v) is 4.98. The Kier molecular flexibility index (Phi) is 4.80. The van der Waals surface area contributed by atoms with E-state index in [4.69, 9.17) is 4.74 Å². The van der Waals surface area contributed by atoms with E-state index in [9.17, 15) is 9.90 Å². The molecule has 2 rings (SSSR count). The van der Waals surface area contributed by atoms with Gasteiger partial charge in [0.25, 0.3) is 0 Å². The van der Waals surface area contributed by atoms with Gasteiger partial charge in [-0.1, -0.05) is 12.1 Å². The third kappa shape index (κ3) is 3.70. The number of aryl methyl sites for hydroxylation is 1. The summed E-state index contributed by atoms with van der Waals surface area (Å²) in [6.07, 6.45) is 2.25. The van der Waals surface area contributed by atoms with E-state index in [1.807, 2.05) is 31.2 Å². The zero-order valence-electron chi connectivity index (χ0n) is 11.3. The molecule has 0 spiro atoms.